The van der Waals surface area contributed by atoms with Gasteiger partial charge in [0.1, 0.15) is 5.75 Å². The maximum atomic E-state index is 11.8. The zero-order valence-corrected chi connectivity index (χ0v) is 10.6. The lowest BCUT2D eigenvalue weighted by molar-refractivity contribution is 0.207. The normalized spacial score (nSPS) is 10.7. The molecular weight excluding hydrogens is 266 g/mol. The van der Waals surface area contributed by atoms with Crippen molar-refractivity contribution in [2.24, 2.45) is 0 Å². The monoisotopic (exact) mass is 277 g/mol. The molecule has 0 saturated carbocycles. The molecule has 0 spiro atoms. The summed E-state index contributed by atoms with van der Waals surface area (Å²) < 4.78 is 30.3. The number of benzene rings is 2. The largest absolute Gasteiger partial charge is 0.426 e. The van der Waals surface area contributed by atoms with Crippen molar-refractivity contribution in [2.45, 2.75) is 4.90 Å². The van der Waals surface area contributed by atoms with E-state index in [4.69, 9.17) is 4.74 Å². The third-order valence-corrected chi connectivity index (χ3v) is 3.55. The van der Waals surface area contributed by atoms with Gasteiger partial charge in [0.2, 0.25) is 0 Å². The molecule has 1 N–H and O–H groups in total. The molecule has 0 unspecified atom stereocenters. The molecule has 0 saturated heterocycles. The van der Waals surface area contributed by atoms with Crippen molar-refractivity contribution >= 4 is 16.1 Å². The van der Waals surface area contributed by atoms with Crippen LogP contribution in [-0.4, -0.2) is 14.5 Å². The molecule has 19 heavy (non-hydrogen) atoms. The topological polar surface area (TPSA) is 72.5 Å². The molecule has 2 aromatic carbocycles. The van der Waals surface area contributed by atoms with E-state index < -0.39 is 16.1 Å². The second-order valence-electron chi connectivity index (χ2n) is 3.62. The van der Waals surface area contributed by atoms with Gasteiger partial charge < -0.3 is 4.74 Å². The second kappa shape index (κ2) is 5.53. The van der Waals surface area contributed by atoms with Crippen LogP contribution in [0.1, 0.15) is 0 Å². The van der Waals surface area contributed by atoms with E-state index >= 15 is 0 Å². The molecule has 2 aromatic rings. The van der Waals surface area contributed by atoms with Gasteiger partial charge in [-0.05, 0) is 24.3 Å². The van der Waals surface area contributed by atoms with Gasteiger partial charge in [0.25, 0.3) is 10.0 Å². The molecule has 0 aliphatic heterocycles. The molecule has 0 aliphatic rings. The molecule has 0 heterocycles. The van der Waals surface area contributed by atoms with Gasteiger partial charge in [-0.3, -0.25) is 0 Å². The highest BCUT2D eigenvalue weighted by molar-refractivity contribution is 7.90. The van der Waals surface area contributed by atoms with E-state index in [1.54, 1.807) is 48.5 Å². The zero-order chi connectivity index (χ0) is 13.7. The number of ether oxygens (including phenoxy) is 1. The van der Waals surface area contributed by atoms with Crippen LogP contribution in [0.4, 0.5) is 4.79 Å². The summed E-state index contributed by atoms with van der Waals surface area (Å²) in [6.45, 7) is 0. The average molecular weight is 277 g/mol. The second-order valence-corrected chi connectivity index (χ2v) is 5.30. The lowest BCUT2D eigenvalue weighted by atomic mass is 10.3. The maximum Gasteiger partial charge on any atom is 0.426 e. The van der Waals surface area contributed by atoms with Crippen LogP contribution in [-0.2, 0) is 10.0 Å². The van der Waals surface area contributed by atoms with E-state index in [9.17, 15) is 13.2 Å². The van der Waals surface area contributed by atoms with Gasteiger partial charge in [-0.25, -0.2) is 17.9 Å². The number of nitrogens with one attached hydrogen (secondary N) is 1. The third kappa shape index (κ3) is 3.56. The Labute approximate surface area is 110 Å². The molecule has 0 bridgehead atoms. The first-order chi connectivity index (χ1) is 9.08. The quantitative estimate of drug-likeness (QED) is 0.933. The SMILES string of the molecule is O=C(NS(=O)(=O)c1ccccc1)Oc1ccccc1. The van der Waals surface area contributed by atoms with Crippen LogP contribution in [0.25, 0.3) is 0 Å². The first-order valence-corrected chi connectivity index (χ1v) is 6.91. The molecule has 6 heteroatoms. The average Bonchev–Trinajstić information content (AvgIpc) is 2.40. The molecule has 0 atom stereocenters. The van der Waals surface area contributed by atoms with Gasteiger partial charge in [0, 0.05) is 0 Å². The summed E-state index contributed by atoms with van der Waals surface area (Å²) in [6, 6.07) is 15.8. The predicted octanol–water partition coefficient (Wildman–Crippen LogP) is 2.16. The van der Waals surface area contributed by atoms with E-state index in [1.165, 1.54) is 12.1 Å². The highest BCUT2D eigenvalue weighted by Gasteiger charge is 2.18. The summed E-state index contributed by atoms with van der Waals surface area (Å²) in [7, 11) is -3.90. The van der Waals surface area contributed by atoms with Crippen LogP contribution in [0.5, 0.6) is 5.75 Å². The van der Waals surface area contributed by atoms with Gasteiger partial charge in [0.05, 0.1) is 4.90 Å². The lowest BCUT2D eigenvalue weighted by Crippen LogP contribution is -2.32. The van der Waals surface area contributed by atoms with Crippen molar-refractivity contribution in [1.82, 2.24) is 4.72 Å². The first-order valence-electron chi connectivity index (χ1n) is 5.43. The fourth-order valence-electron chi connectivity index (χ4n) is 1.38. The maximum absolute atomic E-state index is 11.8. The number of hydrogen-bond donors (Lipinski definition) is 1. The minimum absolute atomic E-state index is 0.0000108. The molecular formula is C13H11NO4S. The summed E-state index contributed by atoms with van der Waals surface area (Å²) in [4.78, 5) is 11.5. The van der Waals surface area contributed by atoms with Gasteiger partial charge in [0.15, 0.2) is 0 Å². The number of carbonyl (C=O) groups is 1. The third-order valence-electron chi connectivity index (χ3n) is 2.22. The number of amides is 1. The van der Waals surface area contributed by atoms with E-state index in [0.717, 1.165) is 0 Å². The number of para-hydroxylation sites is 1. The minimum atomic E-state index is -3.90. The first kappa shape index (κ1) is 13.1. The van der Waals surface area contributed by atoms with Gasteiger partial charge in [-0.15, -0.1) is 0 Å². The summed E-state index contributed by atoms with van der Waals surface area (Å²) in [5.41, 5.74) is 0. The zero-order valence-electron chi connectivity index (χ0n) is 9.81. The van der Waals surface area contributed by atoms with Crippen LogP contribution in [0.15, 0.2) is 65.6 Å². The van der Waals surface area contributed by atoms with E-state index in [-0.39, 0.29) is 10.6 Å². The van der Waals surface area contributed by atoms with Crippen molar-refractivity contribution in [1.29, 1.82) is 0 Å². The van der Waals surface area contributed by atoms with Crippen molar-refractivity contribution in [2.75, 3.05) is 0 Å². The Kier molecular flexibility index (Phi) is 3.82. The number of carbonyl (C=O) groups excluding carboxylic acids is 1. The van der Waals surface area contributed by atoms with Crippen molar-refractivity contribution in [3.63, 3.8) is 0 Å². The Balaban J connectivity index is 2.07. The summed E-state index contributed by atoms with van der Waals surface area (Å²) in [6.07, 6.45) is -1.05. The smallest absolute Gasteiger partial charge is 0.410 e. The Morgan fingerprint density at radius 3 is 2.00 bits per heavy atom. The molecule has 0 fully saturated rings. The van der Waals surface area contributed by atoms with E-state index in [0.29, 0.717) is 0 Å². The molecule has 0 aromatic heterocycles. The lowest BCUT2D eigenvalue weighted by Gasteiger charge is -2.07. The van der Waals surface area contributed by atoms with E-state index in [2.05, 4.69) is 0 Å². The van der Waals surface area contributed by atoms with Crippen LogP contribution in [0.2, 0.25) is 0 Å². The fourth-order valence-corrected chi connectivity index (χ4v) is 2.28. The molecule has 5 nitrogen and oxygen atoms in total. The number of rotatable bonds is 3. The highest BCUT2D eigenvalue weighted by Crippen LogP contribution is 2.10. The van der Waals surface area contributed by atoms with E-state index in [1.807, 2.05) is 4.72 Å². The minimum Gasteiger partial charge on any atom is -0.410 e. The Morgan fingerprint density at radius 2 is 1.42 bits per heavy atom. The van der Waals surface area contributed by atoms with Gasteiger partial charge in [-0.1, -0.05) is 36.4 Å². The van der Waals surface area contributed by atoms with Crippen LogP contribution < -0.4 is 9.46 Å². The molecule has 0 aliphatic carbocycles. The molecule has 2 rings (SSSR count). The van der Waals surface area contributed by atoms with Crippen LogP contribution in [0, 0.1) is 0 Å². The van der Waals surface area contributed by atoms with Crippen molar-refractivity contribution in [3.05, 3.63) is 60.7 Å². The standard InChI is InChI=1S/C13H11NO4S/c15-13(18-11-7-3-1-4-8-11)14-19(16,17)12-9-5-2-6-10-12/h1-10H,(H,14,15). The van der Waals surface area contributed by atoms with Crippen LogP contribution in [0.3, 0.4) is 0 Å². The summed E-state index contributed by atoms with van der Waals surface area (Å²) >= 11 is 0. The Bertz CT molecular complexity index is 654. The van der Waals surface area contributed by atoms with Crippen LogP contribution >= 0.6 is 0 Å². The fraction of sp³-hybridized carbons (Fsp3) is 0. The predicted molar refractivity (Wildman–Crippen MR) is 69.2 cm³/mol. The highest BCUT2D eigenvalue weighted by atomic mass is 32.2. The summed E-state index contributed by atoms with van der Waals surface area (Å²) in [5.74, 6) is 0.267. The number of sulfonamides is 1. The number of hydrogen-bond acceptors (Lipinski definition) is 4. The van der Waals surface area contributed by atoms with Crippen molar-refractivity contribution in [3.8, 4) is 5.75 Å². The Hall–Kier alpha value is -2.34. The molecule has 1 amide bonds. The van der Waals surface area contributed by atoms with Gasteiger partial charge in [-0.2, -0.15) is 0 Å². The summed E-state index contributed by atoms with van der Waals surface area (Å²) in [5, 5.41) is 0. The molecule has 0 radical (unpaired) electrons. The van der Waals surface area contributed by atoms with Crippen molar-refractivity contribution < 1.29 is 17.9 Å². The van der Waals surface area contributed by atoms with Gasteiger partial charge >= 0.3 is 6.09 Å². The molecule has 98 valence electrons. The Morgan fingerprint density at radius 1 is 0.895 bits per heavy atom.